The summed E-state index contributed by atoms with van der Waals surface area (Å²) in [5.74, 6) is 0.0410. The Hall–Kier alpha value is -2.83. The van der Waals surface area contributed by atoms with Crippen molar-refractivity contribution in [1.82, 2.24) is 0 Å². The Morgan fingerprint density at radius 3 is 2.54 bits per heavy atom. The molecule has 0 atom stereocenters. The Labute approximate surface area is 158 Å². The van der Waals surface area contributed by atoms with Gasteiger partial charge < -0.3 is 9.73 Å². The summed E-state index contributed by atoms with van der Waals surface area (Å²) in [6.45, 7) is 1.67. The minimum atomic E-state index is -0.493. The van der Waals surface area contributed by atoms with Gasteiger partial charge in [0.1, 0.15) is 5.76 Å². The van der Waals surface area contributed by atoms with Crippen LogP contribution in [0.1, 0.15) is 16.1 Å². The Balaban J connectivity index is 1.81. The smallest absolute Gasteiger partial charge is 0.291 e. The molecule has 0 saturated carbocycles. The Morgan fingerprint density at radius 1 is 1.12 bits per heavy atom. The molecule has 132 valence electrons. The second-order valence-corrected chi connectivity index (χ2v) is 6.34. The highest BCUT2D eigenvalue weighted by atomic mass is 35.5. The molecule has 0 aliphatic rings. The van der Waals surface area contributed by atoms with Crippen molar-refractivity contribution in [2.75, 3.05) is 5.32 Å². The Kier molecular flexibility index (Phi) is 4.97. The zero-order valence-electron chi connectivity index (χ0n) is 13.5. The minimum Gasteiger partial charge on any atom is -0.451 e. The van der Waals surface area contributed by atoms with Crippen LogP contribution in [-0.2, 0) is 0 Å². The molecule has 1 heterocycles. The molecule has 0 fully saturated rings. The maximum Gasteiger partial charge on any atom is 0.291 e. The topological polar surface area (TPSA) is 85.4 Å². The molecule has 0 saturated heterocycles. The zero-order valence-corrected chi connectivity index (χ0v) is 15.0. The molecule has 8 heteroatoms. The van der Waals surface area contributed by atoms with Crippen LogP contribution in [0.25, 0.3) is 11.3 Å². The molecule has 0 aliphatic heterocycles. The van der Waals surface area contributed by atoms with Gasteiger partial charge in [0, 0.05) is 28.4 Å². The van der Waals surface area contributed by atoms with Crippen molar-refractivity contribution in [3.8, 4) is 11.3 Å². The standard InChI is InChI=1S/C18H12Cl2N2O4/c1-10-8-12(22(24)25)3-5-15(10)21-18(23)17-7-6-16(26-17)13-4-2-11(19)9-14(13)20/h2-9H,1H3,(H,21,23). The average molecular weight is 391 g/mol. The third-order valence-corrected chi connectivity index (χ3v) is 4.24. The molecule has 0 bridgehead atoms. The van der Waals surface area contributed by atoms with E-state index in [0.717, 1.165) is 0 Å². The van der Waals surface area contributed by atoms with Crippen molar-refractivity contribution in [3.63, 3.8) is 0 Å². The number of halogens is 2. The highest BCUT2D eigenvalue weighted by Gasteiger charge is 2.16. The molecule has 1 amide bonds. The number of nitrogens with zero attached hydrogens (tertiary/aromatic N) is 1. The summed E-state index contributed by atoms with van der Waals surface area (Å²) in [4.78, 5) is 22.7. The van der Waals surface area contributed by atoms with Crippen molar-refractivity contribution in [3.05, 3.63) is 80.0 Å². The van der Waals surface area contributed by atoms with Gasteiger partial charge >= 0.3 is 0 Å². The second kappa shape index (κ2) is 7.19. The molecule has 1 N–H and O–H groups in total. The van der Waals surface area contributed by atoms with E-state index in [1.807, 2.05) is 0 Å². The molecule has 0 spiro atoms. The highest BCUT2D eigenvalue weighted by Crippen LogP contribution is 2.32. The quantitative estimate of drug-likeness (QED) is 0.455. The van der Waals surface area contributed by atoms with Crippen LogP contribution in [0.4, 0.5) is 11.4 Å². The van der Waals surface area contributed by atoms with Gasteiger partial charge in [0.15, 0.2) is 5.76 Å². The predicted molar refractivity (Wildman–Crippen MR) is 100.0 cm³/mol. The molecule has 0 unspecified atom stereocenters. The molecule has 2 aromatic carbocycles. The lowest BCUT2D eigenvalue weighted by Crippen LogP contribution is -2.11. The second-order valence-electron chi connectivity index (χ2n) is 5.50. The molecule has 0 radical (unpaired) electrons. The summed E-state index contributed by atoms with van der Waals surface area (Å²) >= 11 is 12.0. The van der Waals surface area contributed by atoms with Gasteiger partial charge in [-0.25, -0.2) is 0 Å². The number of anilines is 1. The SMILES string of the molecule is Cc1cc([N+](=O)[O-])ccc1NC(=O)c1ccc(-c2ccc(Cl)cc2Cl)o1. The lowest BCUT2D eigenvalue weighted by atomic mass is 10.1. The van der Waals surface area contributed by atoms with Crippen LogP contribution in [0.5, 0.6) is 0 Å². The van der Waals surface area contributed by atoms with E-state index in [0.29, 0.717) is 32.6 Å². The van der Waals surface area contributed by atoms with E-state index in [1.165, 1.54) is 24.3 Å². The lowest BCUT2D eigenvalue weighted by molar-refractivity contribution is -0.384. The molecule has 26 heavy (non-hydrogen) atoms. The number of hydrogen-bond acceptors (Lipinski definition) is 4. The molecular formula is C18H12Cl2N2O4. The van der Waals surface area contributed by atoms with Crippen molar-refractivity contribution < 1.29 is 14.1 Å². The first-order valence-corrected chi connectivity index (χ1v) is 8.22. The maximum absolute atomic E-state index is 12.4. The monoisotopic (exact) mass is 390 g/mol. The number of furan rings is 1. The van der Waals surface area contributed by atoms with E-state index in [2.05, 4.69) is 5.32 Å². The molecular weight excluding hydrogens is 379 g/mol. The van der Waals surface area contributed by atoms with E-state index in [1.54, 1.807) is 31.2 Å². The number of nitro benzene ring substituents is 1. The summed E-state index contributed by atoms with van der Waals surface area (Å²) in [6.07, 6.45) is 0. The number of aryl methyl sites for hydroxylation is 1. The fourth-order valence-electron chi connectivity index (χ4n) is 2.38. The van der Waals surface area contributed by atoms with Crippen LogP contribution in [-0.4, -0.2) is 10.8 Å². The van der Waals surface area contributed by atoms with E-state index < -0.39 is 10.8 Å². The van der Waals surface area contributed by atoms with Crippen LogP contribution >= 0.6 is 23.2 Å². The predicted octanol–water partition coefficient (Wildman–Crippen LogP) is 5.72. The number of nitro groups is 1. The van der Waals surface area contributed by atoms with Crippen molar-refractivity contribution >= 4 is 40.5 Å². The number of rotatable bonds is 4. The number of carbonyl (C=O) groups excluding carboxylic acids is 1. The van der Waals surface area contributed by atoms with Gasteiger partial charge in [-0.1, -0.05) is 23.2 Å². The third-order valence-electron chi connectivity index (χ3n) is 3.70. The summed E-state index contributed by atoms with van der Waals surface area (Å²) in [6, 6.07) is 12.3. The number of carbonyl (C=O) groups is 1. The number of benzene rings is 2. The summed E-state index contributed by atoms with van der Waals surface area (Å²) < 4.78 is 5.58. The van der Waals surface area contributed by atoms with Crippen molar-refractivity contribution in [1.29, 1.82) is 0 Å². The van der Waals surface area contributed by atoms with Crippen LogP contribution in [0.3, 0.4) is 0 Å². The van der Waals surface area contributed by atoms with Crippen molar-refractivity contribution in [2.24, 2.45) is 0 Å². The average Bonchev–Trinajstić information content (AvgIpc) is 3.06. The largest absolute Gasteiger partial charge is 0.451 e. The Morgan fingerprint density at radius 2 is 1.88 bits per heavy atom. The van der Waals surface area contributed by atoms with Crippen LogP contribution in [0.15, 0.2) is 52.9 Å². The summed E-state index contributed by atoms with van der Waals surface area (Å²) in [5, 5.41) is 14.4. The lowest BCUT2D eigenvalue weighted by Gasteiger charge is -2.07. The van der Waals surface area contributed by atoms with Gasteiger partial charge in [0.2, 0.25) is 0 Å². The number of non-ortho nitro benzene ring substituents is 1. The fourth-order valence-corrected chi connectivity index (χ4v) is 2.88. The van der Waals surface area contributed by atoms with E-state index >= 15 is 0 Å². The van der Waals surface area contributed by atoms with Gasteiger partial charge in [-0.05, 0) is 48.9 Å². The van der Waals surface area contributed by atoms with E-state index in [4.69, 9.17) is 27.6 Å². The summed E-state index contributed by atoms with van der Waals surface area (Å²) in [5.41, 5.74) is 1.60. The fraction of sp³-hybridized carbons (Fsp3) is 0.0556. The number of hydrogen-bond donors (Lipinski definition) is 1. The normalized spacial score (nSPS) is 10.6. The maximum atomic E-state index is 12.4. The summed E-state index contributed by atoms with van der Waals surface area (Å²) in [7, 11) is 0. The first-order valence-electron chi connectivity index (χ1n) is 7.47. The van der Waals surface area contributed by atoms with Gasteiger partial charge in [-0.15, -0.1) is 0 Å². The van der Waals surface area contributed by atoms with Crippen molar-refractivity contribution in [2.45, 2.75) is 6.92 Å². The zero-order chi connectivity index (χ0) is 18.8. The minimum absolute atomic E-state index is 0.0434. The molecule has 3 aromatic rings. The molecule has 0 aliphatic carbocycles. The van der Waals surface area contributed by atoms with Crippen LogP contribution in [0, 0.1) is 17.0 Å². The van der Waals surface area contributed by atoms with Crippen LogP contribution in [0.2, 0.25) is 10.0 Å². The molecule has 6 nitrogen and oxygen atoms in total. The molecule has 3 rings (SSSR count). The van der Waals surface area contributed by atoms with Crippen LogP contribution < -0.4 is 5.32 Å². The van der Waals surface area contributed by atoms with E-state index in [-0.39, 0.29) is 11.4 Å². The third kappa shape index (κ3) is 3.71. The van der Waals surface area contributed by atoms with Gasteiger partial charge in [0.05, 0.1) is 9.95 Å². The van der Waals surface area contributed by atoms with Gasteiger partial charge in [0.25, 0.3) is 11.6 Å². The first kappa shape index (κ1) is 18.0. The Bertz CT molecular complexity index is 1010. The number of nitrogens with one attached hydrogen (secondary N) is 1. The van der Waals surface area contributed by atoms with Gasteiger partial charge in [-0.2, -0.15) is 0 Å². The van der Waals surface area contributed by atoms with Gasteiger partial charge in [-0.3, -0.25) is 14.9 Å². The number of amides is 1. The highest BCUT2D eigenvalue weighted by molar-refractivity contribution is 6.36. The molecule has 1 aromatic heterocycles. The first-order chi connectivity index (χ1) is 12.3. The van der Waals surface area contributed by atoms with E-state index in [9.17, 15) is 14.9 Å².